The number of benzene rings is 1. The molecule has 2 aromatic rings. The zero-order valence-electron chi connectivity index (χ0n) is 9.68. The van der Waals surface area contributed by atoms with Crippen LogP contribution in [0.3, 0.4) is 0 Å². The van der Waals surface area contributed by atoms with Crippen molar-refractivity contribution in [3.63, 3.8) is 0 Å². The third-order valence-corrected chi connectivity index (χ3v) is 2.92. The van der Waals surface area contributed by atoms with E-state index in [1.807, 2.05) is 0 Å². The van der Waals surface area contributed by atoms with Gasteiger partial charge >= 0.3 is 0 Å². The van der Waals surface area contributed by atoms with Crippen molar-refractivity contribution in [1.82, 2.24) is 9.97 Å². The lowest BCUT2D eigenvalue weighted by Crippen LogP contribution is -2.03. The van der Waals surface area contributed by atoms with Crippen molar-refractivity contribution in [3.8, 4) is 0 Å². The number of rotatable bonds is 4. The lowest BCUT2D eigenvalue weighted by molar-refractivity contribution is 0.252. The number of nitrogens with zero attached hydrogens (tertiary/aromatic N) is 2. The van der Waals surface area contributed by atoms with Crippen molar-refractivity contribution in [1.29, 1.82) is 0 Å². The maximum absolute atomic E-state index is 12.4. The second-order valence-electron chi connectivity index (χ2n) is 3.54. The fourth-order valence-corrected chi connectivity index (χ4v) is 2.05. The Bertz CT molecular complexity index is 559. The Balaban J connectivity index is 2.27. The van der Waals surface area contributed by atoms with E-state index in [4.69, 9.17) is 11.5 Å². The van der Waals surface area contributed by atoms with Crippen LogP contribution in [-0.2, 0) is 0 Å². The molecule has 1 aromatic carbocycles. The predicted molar refractivity (Wildman–Crippen MR) is 72.4 cm³/mol. The normalized spacial score (nSPS) is 10.7. The predicted octanol–water partition coefficient (Wildman–Crippen LogP) is 2.70. The molecule has 5 N–H and O–H groups in total. The number of anilines is 4. The van der Waals surface area contributed by atoms with Gasteiger partial charge in [0.2, 0.25) is 5.95 Å². The van der Waals surface area contributed by atoms with Crippen molar-refractivity contribution < 1.29 is 8.78 Å². The highest BCUT2D eigenvalue weighted by Gasteiger charge is 2.10. The van der Waals surface area contributed by atoms with Gasteiger partial charge in [-0.3, -0.25) is 0 Å². The van der Waals surface area contributed by atoms with Gasteiger partial charge in [-0.1, -0.05) is 23.9 Å². The molecule has 1 aromatic heterocycles. The summed E-state index contributed by atoms with van der Waals surface area (Å²) in [6.45, 7) is 0. The minimum Gasteiger partial charge on any atom is -0.383 e. The smallest absolute Gasteiger partial charge is 0.288 e. The molecular weight excluding hydrogens is 272 g/mol. The number of thioether (sulfide) groups is 1. The fourth-order valence-electron chi connectivity index (χ4n) is 1.46. The molecule has 0 spiro atoms. The third-order valence-electron chi connectivity index (χ3n) is 2.13. The van der Waals surface area contributed by atoms with Crippen LogP contribution in [0.15, 0.2) is 35.2 Å². The molecular formula is C11H11F2N5S. The summed E-state index contributed by atoms with van der Waals surface area (Å²) in [7, 11) is 0. The van der Waals surface area contributed by atoms with Gasteiger partial charge in [0.15, 0.2) is 0 Å². The van der Waals surface area contributed by atoms with Gasteiger partial charge in [0, 0.05) is 11.0 Å². The second-order valence-corrected chi connectivity index (χ2v) is 4.57. The van der Waals surface area contributed by atoms with E-state index in [-0.39, 0.29) is 11.8 Å². The quantitative estimate of drug-likeness (QED) is 0.747. The molecule has 8 heteroatoms. The number of alkyl halides is 2. The van der Waals surface area contributed by atoms with E-state index < -0.39 is 5.76 Å². The van der Waals surface area contributed by atoms with E-state index in [1.165, 1.54) is 6.07 Å². The number of halogens is 2. The van der Waals surface area contributed by atoms with Gasteiger partial charge in [-0.25, -0.2) is 0 Å². The van der Waals surface area contributed by atoms with Gasteiger partial charge in [0.05, 0.1) is 5.69 Å². The molecule has 0 aliphatic heterocycles. The summed E-state index contributed by atoms with van der Waals surface area (Å²) in [5, 5.41) is 2.89. The van der Waals surface area contributed by atoms with Gasteiger partial charge in [0.1, 0.15) is 11.6 Å². The highest BCUT2D eigenvalue weighted by atomic mass is 32.2. The van der Waals surface area contributed by atoms with Crippen LogP contribution in [0.2, 0.25) is 0 Å². The van der Waals surface area contributed by atoms with Crippen LogP contribution in [0.4, 0.5) is 32.1 Å². The number of hydrogen-bond acceptors (Lipinski definition) is 6. The summed E-state index contributed by atoms with van der Waals surface area (Å²) >= 11 is 0.451. The molecule has 5 nitrogen and oxygen atoms in total. The zero-order chi connectivity index (χ0) is 13.8. The molecule has 2 rings (SSSR count). The average Bonchev–Trinajstić information content (AvgIpc) is 2.29. The number of nitrogens with two attached hydrogens (primary N) is 2. The molecule has 0 radical (unpaired) electrons. The molecule has 0 unspecified atom stereocenters. The van der Waals surface area contributed by atoms with Gasteiger partial charge < -0.3 is 16.8 Å². The van der Waals surface area contributed by atoms with Gasteiger partial charge in [-0.05, 0) is 12.1 Å². The maximum Gasteiger partial charge on any atom is 0.288 e. The highest BCUT2D eigenvalue weighted by molar-refractivity contribution is 7.99. The van der Waals surface area contributed by atoms with E-state index in [0.717, 1.165) is 0 Å². The van der Waals surface area contributed by atoms with Crippen molar-refractivity contribution in [2.75, 3.05) is 16.8 Å². The molecule has 1 heterocycles. The molecule has 100 valence electrons. The molecule has 0 saturated carbocycles. The standard InChI is InChI=1S/C11H11F2N5S/c12-10(13)19-7-4-2-1-3-6(7)16-9-5-8(14)17-11(15)18-9/h1-5,10H,(H5,14,15,16,17,18). The Kier molecular flexibility index (Phi) is 4.00. The number of para-hydroxylation sites is 1. The molecule has 0 aliphatic carbocycles. The van der Waals surface area contributed by atoms with Crippen molar-refractivity contribution in [3.05, 3.63) is 30.3 Å². The molecule has 0 fully saturated rings. The van der Waals surface area contributed by atoms with Gasteiger partial charge in [0.25, 0.3) is 5.76 Å². The minimum absolute atomic E-state index is 0.0153. The fraction of sp³-hybridized carbons (Fsp3) is 0.0909. The van der Waals surface area contributed by atoms with E-state index in [9.17, 15) is 8.78 Å². The van der Waals surface area contributed by atoms with Crippen LogP contribution in [0.5, 0.6) is 0 Å². The van der Waals surface area contributed by atoms with E-state index >= 15 is 0 Å². The first-order valence-corrected chi connectivity index (χ1v) is 6.13. The summed E-state index contributed by atoms with van der Waals surface area (Å²) in [5.74, 6) is -1.92. The lowest BCUT2D eigenvalue weighted by atomic mass is 10.3. The average molecular weight is 283 g/mol. The SMILES string of the molecule is Nc1cc(Nc2ccccc2SC(F)F)nc(N)n1. The first-order valence-electron chi connectivity index (χ1n) is 5.25. The lowest BCUT2D eigenvalue weighted by Gasteiger charge is -2.11. The second kappa shape index (κ2) is 5.70. The van der Waals surface area contributed by atoms with E-state index in [2.05, 4.69) is 15.3 Å². The van der Waals surface area contributed by atoms with Crippen LogP contribution in [0.1, 0.15) is 0 Å². The monoisotopic (exact) mass is 283 g/mol. The Morgan fingerprint density at radius 2 is 1.89 bits per heavy atom. The van der Waals surface area contributed by atoms with Crippen LogP contribution < -0.4 is 16.8 Å². The Morgan fingerprint density at radius 1 is 1.16 bits per heavy atom. The van der Waals surface area contributed by atoms with Crippen LogP contribution in [0, 0.1) is 0 Å². The van der Waals surface area contributed by atoms with Crippen LogP contribution >= 0.6 is 11.8 Å². The number of nitrogens with one attached hydrogen (secondary N) is 1. The topological polar surface area (TPSA) is 89.8 Å². The van der Waals surface area contributed by atoms with E-state index in [1.54, 1.807) is 24.3 Å². The van der Waals surface area contributed by atoms with E-state index in [0.29, 0.717) is 28.2 Å². The maximum atomic E-state index is 12.4. The molecule has 0 saturated heterocycles. The summed E-state index contributed by atoms with van der Waals surface area (Å²) in [6.07, 6.45) is 0. The molecule has 19 heavy (non-hydrogen) atoms. The summed E-state index contributed by atoms with van der Waals surface area (Å²) in [6, 6.07) is 8.14. The number of hydrogen-bond donors (Lipinski definition) is 3. The van der Waals surface area contributed by atoms with Gasteiger partial charge in [-0.15, -0.1) is 0 Å². The van der Waals surface area contributed by atoms with Crippen LogP contribution in [0.25, 0.3) is 0 Å². The first-order chi connectivity index (χ1) is 9.04. The van der Waals surface area contributed by atoms with Crippen molar-refractivity contribution in [2.24, 2.45) is 0 Å². The molecule has 0 bridgehead atoms. The first kappa shape index (κ1) is 13.3. The largest absolute Gasteiger partial charge is 0.383 e. The molecule has 0 aliphatic rings. The molecule has 0 atom stereocenters. The third kappa shape index (κ3) is 3.68. The number of aromatic nitrogens is 2. The number of nitrogen functional groups attached to an aromatic ring is 2. The minimum atomic E-state index is -2.50. The Hall–Kier alpha value is -2.09. The Labute approximate surface area is 112 Å². The van der Waals surface area contributed by atoms with Gasteiger partial charge in [-0.2, -0.15) is 18.7 Å². The summed E-state index contributed by atoms with van der Waals surface area (Å²) < 4.78 is 24.9. The highest BCUT2D eigenvalue weighted by Crippen LogP contribution is 2.33. The zero-order valence-corrected chi connectivity index (χ0v) is 10.5. The van der Waals surface area contributed by atoms with Crippen LogP contribution in [-0.4, -0.2) is 15.7 Å². The van der Waals surface area contributed by atoms with Crippen molar-refractivity contribution >= 4 is 35.0 Å². The Morgan fingerprint density at radius 3 is 2.58 bits per heavy atom. The summed E-state index contributed by atoms with van der Waals surface area (Å²) in [5.41, 5.74) is 11.5. The van der Waals surface area contributed by atoms with Crippen molar-refractivity contribution in [2.45, 2.75) is 10.7 Å². The molecule has 0 amide bonds. The summed E-state index contributed by atoms with van der Waals surface area (Å²) in [4.78, 5) is 8.06.